The van der Waals surface area contributed by atoms with Gasteiger partial charge in [-0.2, -0.15) is 13.2 Å². The van der Waals surface area contributed by atoms with E-state index in [-0.39, 0.29) is 25.4 Å². The normalized spacial score (nSPS) is 17.1. The average Bonchev–Trinajstić information content (AvgIpc) is 2.73. The van der Waals surface area contributed by atoms with E-state index in [0.29, 0.717) is 36.0 Å². The summed E-state index contributed by atoms with van der Waals surface area (Å²) < 4.78 is 49.6. The number of alkyl halides is 3. The summed E-state index contributed by atoms with van der Waals surface area (Å²) in [5.74, 6) is -0.271. The first-order valence-corrected chi connectivity index (χ1v) is 9.67. The molecule has 0 unspecified atom stereocenters. The molecule has 30 heavy (non-hydrogen) atoms. The predicted molar refractivity (Wildman–Crippen MR) is 108 cm³/mol. The van der Waals surface area contributed by atoms with Crippen LogP contribution >= 0.6 is 0 Å². The second-order valence-corrected chi connectivity index (χ2v) is 7.36. The highest BCUT2D eigenvalue weighted by atomic mass is 19.4. The lowest BCUT2D eigenvalue weighted by atomic mass is 9.96. The topological polar surface area (TPSA) is 62.8 Å². The number of nitrogens with zero attached hydrogens (tertiary/aromatic N) is 1. The minimum atomic E-state index is -4.13. The molecule has 0 aliphatic carbocycles. The number of amides is 1. The molecule has 2 aromatic rings. The summed E-state index contributed by atoms with van der Waals surface area (Å²) in [6.45, 7) is 0.682. The van der Waals surface area contributed by atoms with E-state index >= 15 is 0 Å². The molecule has 2 aliphatic rings. The van der Waals surface area contributed by atoms with Gasteiger partial charge in [-0.1, -0.05) is 0 Å². The van der Waals surface area contributed by atoms with Crippen molar-refractivity contribution in [1.82, 2.24) is 0 Å². The number of fused-ring (bicyclic) bond motifs is 1. The number of anilines is 4. The van der Waals surface area contributed by atoms with E-state index in [9.17, 15) is 18.0 Å². The number of ether oxygens (including phenoxy) is 2. The number of rotatable bonds is 4. The van der Waals surface area contributed by atoms with Crippen LogP contribution in [0.4, 0.5) is 35.9 Å². The Morgan fingerprint density at radius 1 is 1.17 bits per heavy atom. The quantitative estimate of drug-likeness (QED) is 0.759. The van der Waals surface area contributed by atoms with Crippen LogP contribution in [-0.4, -0.2) is 38.9 Å². The molecule has 0 aromatic heterocycles. The van der Waals surface area contributed by atoms with Gasteiger partial charge in [0.1, 0.15) is 11.5 Å². The van der Waals surface area contributed by atoms with Crippen molar-refractivity contribution in [2.75, 3.05) is 42.3 Å². The third-order valence-electron chi connectivity index (χ3n) is 5.40. The monoisotopic (exact) mass is 421 g/mol. The van der Waals surface area contributed by atoms with Crippen LogP contribution in [0.3, 0.4) is 0 Å². The number of hydrogen-bond donors (Lipinski definition) is 2. The van der Waals surface area contributed by atoms with E-state index in [2.05, 4.69) is 10.6 Å². The lowest BCUT2D eigenvalue weighted by Crippen LogP contribution is -2.39. The number of carbonyl (C=O) groups excluding carboxylic acids is 1. The van der Waals surface area contributed by atoms with Crippen LogP contribution in [0.25, 0.3) is 0 Å². The number of hydrogen-bond acceptors (Lipinski definition) is 5. The van der Waals surface area contributed by atoms with Gasteiger partial charge in [-0.15, -0.1) is 0 Å². The molecule has 2 N–H and O–H groups in total. The maximum Gasteiger partial charge on any atom is 0.391 e. The van der Waals surface area contributed by atoms with Gasteiger partial charge in [-0.3, -0.25) is 4.79 Å². The summed E-state index contributed by atoms with van der Waals surface area (Å²) in [7, 11) is 1.55. The Hall–Kier alpha value is -3.10. The molecular weight excluding hydrogens is 399 g/mol. The summed E-state index contributed by atoms with van der Waals surface area (Å²) >= 11 is 0. The van der Waals surface area contributed by atoms with E-state index in [1.165, 1.54) is 0 Å². The zero-order valence-electron chi connectivity index (χ0n) is 16.4. The van der Waals surface area contributed by atoms with Gasteiger partial charge in [0, 0.05) is 36.6 Å². The van der Waals surface area contributed by atoms with Crippen LogP contribution in [0.1, 0.15) is 12.8 Å². The third-order valence-corrected chi connectivity index (χ3v) is 5.40. The molecule has 0 saturated carbocycles. The summed E-state index contributed by atoms with van der Waals surface area (Å²) in [4.78, 5) is 13.3. The Morgan fingerprint density at radius 2 is 1.93 bits per heavy atom. The van der Waals surface area contributed by atoms with E-state index in [1.807, 2.05) is 29.2 Å². The smallest absolute Gasteiger partial charge is 0.391 e. The number of carbonyl (C=O) groups is 1. The van der Waals surface area contributed by atoms with Gasteiger partial charge in [0.05, 0.1) is 24.4 Å². The van der Waals surface area contributed by atoms with Crippen molar-refractivity contribution in [2.24, 2.45) is 5.92 Å². The highest BCUT2D eigenvalue weighted by molar-refractivity contribution is 5.95. The second kappa shape index (κ2) is 7.97. The van der Waals surface area contributed by atoms with Crippen molar-refractivity contribution in [2.45, 2.75) is 19.0 Å². The number of benzene rings is 2. The standard InChI is InChI=1S/C21H22F3N3O3/c1-29-18-11-15(27-8-6-13(7-9-27)21(22,23)24)3-5-16(18)25-14-2-4-17-19(10-14)30-12-20(28)26-17/h2-5,10-11,13,25H,6-9,12H2,1H3,(H,26,28). The number of piperidine rings is 1. The van der Waals surface area contributed by atoms with E-state index in [0.717, 1.165) is 11.4 Å². The van der Waals surface area contributed by atoms with Crippen LogP contribution < -0.4 is 25.0 Å². The van der Waals surface area contributed by atoms with Crippen molar-refractivity contribution < 1.29 is 27.4 Å². The van der Waals surface area contributed by atoms with Crippen LogP contribution in [-0.2, 0) is 4.79 Å². The van der Waals surface area contributed by atoms with E-state index in [4.69, 9.17) is 9.47 Å². The van der Waals surface area contributed by atoms with E-state index in [1.54, 1.807) is 19.2 Å². The molecule has 4 rings (SSSR count). The van der Waals surface area contributed by atoms with Gasteiger partial charge in [-0.25, -0.2) is 0 Å². The zero-order valence-corrected chi connectivity index (χ0v) is 16.4. The molecule has 0 atom stereocenters. The van der Waals surface area contributed by atoms with Gasteiger partial charge in [0.15, 0.2) is 6.61 Å². The van der Waals surface area contributed by atoms with Crippen molar-refractivity contribution in [3.05, 3.63) is 36.4 Å². The SMILES string of the molecule is COc1cc(N2CCC(C(F)(F)F)CC2)ccc1Nc1ccc2c(c1)OCC(=O)N2. The summed E-state index contributed by atoms with van der Waals surface area (Å²) in [6, 6.07) is 10.9. The lowest BCUT2D eigenvalue weighted by molar-refractivity contribution is -0.179. The Balaban J connectivity index is 1.48. The first kappa shape index (κ1) is 20.2. The summed E-state index contributed by atoms with van der Waals surface area (Å²) in [5, 5.41) is 5.99. The molecule has 160 valence electrons. The van der Waals surface area contributed by atoms with Gasteiger partial charge in [-0.05, 0) is 37.1 Å². The van der Waals surface area contributed by atoms with E-state index < -0.39 is 12.1 Å². The molecule has 0 spiro atoms. The van der Waals surface area contributed by atoms with Crippen LogP contribution in [0, 0.1) is 5.92 Å². The maximum absolute atomic E-state index is 12.9. The van der Waals surface area contributed by atoms with Crippen LogP contribution in [0.15, 0.2) is 36.4 Å². The summed E-state index contributed by atoms with van der Waals surface area (Å²) in [5.41, 5.74) is 2.91. The Morgan fingerprint density at radius 3 is 2.63 bits per heavy atom. The Bertz CT molecular complexity index is 941. The molecular formula is C21H22F3N3O3. The van der Waals surface area contributed by atoms with Crippen LogP contribution in [0.2, 0.25) is 0 Å². The van der Waals surface area contributed by atoms with Crippen molar-refractivity contribution in [1.29, 1.82) is 0 Å². The molecule has 0 radical (unpaired) electrons. The number of methoxy groups -OCH3 is 1. The first-order valence-electron chi connectivity index (χ1n) is 9.67. The van der Waals surface area contributed by atoms with Gasteiger partial charge in [0.25, 0.3) is 5.91 Å². The largest absolute Gasteiger partial charge is 0.494 e. The molecule has 1 fully saturated rings. The number of halogens is 3. The Labute approximate surface area is 172 Å². The molecule has 2 heterocycles. The average molecular weight is 421 g/mol. The van der Waals surface area contributed by atoms with Crippen molar-refractivity contribution >= 4 is 28.7 Å². The lowest BCUT2D eigenvalue weighted by Gasteiger charge is -2.34. The molecule has 1 amide bonds. The fourth-order valence-corrected chi connectivity index (χ4v) is 3.75. The molecule has 1 saturated heterocycles. The minimum Gasteiger partial charge on any atom is -0.494 e. The highest BCUT2D eigenvalue weighted by Crippen LogP contribution is 2.38. The van der Waals surface area contributed by atoms with Gasteiger partial charge >= 0.3 is 6.18 Å². The summed E-state index contributed by atoms with van der Waals surface area (Å²) in [6.07, 6.45) is -3.94. The Kier molecular flexibility index (Phi) is 5.36. The second-order valence-electron chi connectivity index (χ2n) is 7.36. The third kappa shape index (κ3) is 4.24. The maximum atomic E-state index is 12.9. The molecule has 0 bridgehead atoms. The fraction of sp³-hybridized carbons (Fsp3) is 0.381. The molecule has 9 heteroatoms. The molecule has 2 aromatic carbocycles. The zero-order chi connectivity index (χ0) is 21.3. The molecule has 2 aliphatic heterocycles. The number of nitrogens with one attached hydrogen (secondary N) is 2. The van der Waals surface area contributed by atoms with Crippen LogP contribution in [0.5, 0.6) is 11.5 Å². The highest BCUT2D eigenvalue weighted by Gasteiger charge is 2.41. The van der Waals surface area contributed by atoms with Gasteiger partial charge < -0.3 is 25.0 Å². The van der Waals surface area contributed by atoms with Crippen molar-refractivity contribution in [3.8, 4) is 11.5 Å². The first-order chi connectivity index (χ1) is 14.3. The van der Waals surface area contributed by atoms with Crippen molar-refractivity contribution in [3.63, 3.8) is 0 Å². The predicted octanol–water partition coefficient (Wildman–Crippen LogP) is 4.55. The fourth-order valence-electron chi connectivity index (χ4n) is 3.75. The van der Waals surface area contributed by atoms with Gasteiger partial charge in [0.2, 0.25) is 0 Å². The minimum absolute atomic E-state index is 0.0283. The molecule has 6 nitrogen and oxygen atoms in total.